The highest BCUT2D eigenvalue weighted by Gasteiger charge is 2.28. The number of benzene rings is 1. The van der Waals surface area contributed by atoms with E-state index in [-0.39, 0.29) is 10.6 Å². The topological polar surface area (TPSA) is 133 Å². The number of aryl methyl sites for hydroxylation is 1. The van der Waals surface area contributed by atoms with Gasteiger partial charge in [-0.2, -0.15) is 4.99 Å². The van der Waals surface area contributed by atoms with E-state index >= 15 is 0 Å². The molecule has 1 aliphatic carbocycles. The predicted molar refractivity (Wildman–Crippen MR) is 147 cm³/mol. The molecule has 0 fully saturated rings. The smallest absolute Gasteiger partial charge is 0.341 e. The monoisotopic (exact) mass is 577 g/mol. The van der Waals surface area contributed by atoms with Crippen LogP contribution in [0.2, 0.25) is 0 Å². The molecule has 0 unspecified atom stereocenters. The predicted octanol–water partition coefficient (Wildman–Crippen LogP) is 3.11. The number of esters is 1. The van der Waals surface area contributed by atoms with Crippen molar-refractivity contribution in [1.29, 1.82) is 0 Å². The minimum Gasteiger partial charge on any atom is -0.497 e. The molecule has 0 saturated carbocycles. The van der Waals surface area contributed by atoms with Crippen LogP contribution < -0.4 is 14.9 Å². The third kappa shape index (κ3) is 6.05. The van der Waals surface area contributed by atoms with Crippen LogP contribution in [0.15, 0.2) is 35.8 Å². The molecule has 2 heterocycles. The van der Waals surface area contributed by atoms with Crippen molar-refractivity contribution in [3.63, 3.8) is 0 Å². The Balaban J connectivity index is 1.51. The number of methoxy groups -OCH3 is 2. The SMILES string of the molecule is C=CCn1c(=NC(=O)CS(=O)(=O)CC(=O)Nc2sc3c(c2C(=O)OC)CCCC3)sc2cc(OC)ccc21. The van der Waals surface area contributed by atoms with Crippen LogP contribution in [0.3, 0.4) is 0 Å². The Morgan fingerprint density at radius 1 is 1.16 bits per heavy atom. The van der Waals surface area contributed by atoms with Crippen molar-refractivity contribution in [1.82, 2.24) is 4.57 Å². The molecule has 0 aliphatic heterocycles. The highest BCUT2D eigenvalue weighted by atomic mass is 32.2. The molecule has 10 nitrogen and oxygen atoms in total. The number of aromatic nitrogens is 1. The average Bonchev–Trinajstić information content (AvgIpc) is 3.39. The van der Waals surface area contributed by atoms with Crippen LogP contribution in [0.1, 0.15) is 33.6 Å². The summed E-state index contributed by atoms with van der Waals surface area (Å²) in [4.78, 5) is 43.0. The lowest BCUT2D eigenvalue weighted by Gasteiger charge is -2.11. The Hall–Kier alpha value is -3.29. The number of hydrogen-bond donors (Lipinski definition) is 1. The summed E-state index contributed by atoms with van der Waals surface area (Å²) in [6, 6.07) is 5.40. The van der Waals surface area contributed by atoms with E-state index in [1.54, 1.807) is 29.9 Å². The number of nitrogens with zero attached hydrogens (tertiary/aromatic N) is 2. The van der Waals surface area contributed by atoms with Crippen LogP contribution in [0.4, 0.5) is 5.00 Å². The van der Waals surface area contributed by atoms with Gasteiger partial charge < -0.3 is 19.4 Å². The molecule has 0 saturated heterocycles. The van der Waals surface area contributed by atoms with E-state index in [0.29, 0.717) is 23.5 Å². The summed E-state index contributed by atoms with van der Waals surface area (Å²) < 4.78 is 38.1. The summed E-state index contributed by atoms with van der Waals surface area (Å²) in [5, 5.41) is 2.82. The van der Waals surface area contributed by atoms with Crippen LogP contribution in [0.25, 0.3) is 10.2 Å². The summed E-state index contributed by atoms with van der Waals surface area (Å²) in [7, 11) is -1.34. The molecule has 0 radical (unpaired) electrons. The van der Waals surface area contributed by atoms with Gasteiger partial charge >= 0.3 is 5.97 Å². The Kier molecular flexibility index (Phi) is 8.48. The first-order valence-electron chi connectivity index (χ1n) is 11.7. The lowest BCUT2D eigenvalue weighted by Crippen LogP contribution is -2.28. The molecule has 0 spiro atoms. The zero-order valence-electron chi connectivity index (χ0n) is 20.9. The molecule has 1 N–H and O–H groups in total. The summed E-state index contributed by atoms with van der Waals surface area (Å²) in [5.74, 6) is -3.53. The first-order chi connectivity index (χ1) is 18.2. The van der Waals surface area contributed by atoms with E-state index in [1.165, 1.54) is 29.8 Å². The number of anilines is 1. The summed E-state index contributed by atoms with van der Waals surface area (Å²) in [6.45, 7) is 4.09. The van der Waals surface area contributed by atoms with Crippen LogP contribution >= 0.6 is 22.7 Å². The first-order valence-corrected chi connectivity index (χ1v) is 15.2. The lowest BCUT2D eigenvalue weighted by molar-refractivity contribution is -0.115. The second-order valence-electron chi connectivity index (χ2n) is 8.61. The van der Waals surface area contributed by atoms with Gasteiger partial charge in [0.05, 0.1) is 30.0 Å². The first kappa shape index (κ1) is 27.7. The van der Waals surface area contributed by atoms with Gasteiger partial charge in [-0.3, -0.25) is 9.59 Å². The van der Waals surface area contributed by atoms with Crippen molar-refractivity contribution in [3.05, 3.63) is 51.7 Å². The maximum Gasteiger partial charge on any atom is 0.341 e. The minimum absolute atomic E-state index is 0.270. The number of amides is 2. The van der Waals surface area contributed by atoms with Crippen LogP contribution in [-0.4, -0.2) is 56.5 Å². The van der Waals surface area contributed by atoms with Gasteiger partial charge in [0.15, 0.2) is 14.6 Å². The Bertz CT molecular complexity index is 1600. The van der Waals surface area contributed by atoms with Crippen LogP contribution in [-0.2, 0) is 43.5 Å². The Morgan fingerprint density at radius 3 is 2.63 bits per heavy atom. The van der Waals surface area contributed by atoms with Gasteiger partial charge in [-0.05, 0) is 49.4 Å². The van der Waals surface area contributed by atoms with Crippen molar-refractivity contribution in [2.24, 2.45) is 4.99 Å². The number of rotatable bonds is 9. The zero-order valence-corrected chi connectivity index (χ0v) is 23.4. The van der Waals surface area contributed by atoms with E-state index in [4.69, 9.17) is 9.47 Å². The molecule has 13 heteroatoms. The molecule has 38 heavy (non-hydrogen) atoms. The Labute approximate surface area is 227 Å². The maximum absolute atomic E-state index is 12.7. The number of hydrogen-bond acceptors (Lipinski definition) is 9. The Morgan fingerprint density at radius 2 is 1.92 bits per heavy atom. The number of allylic oxidation sites excluding steroid dienone is 1. The van der Waals surface area contributed by atoms with Crippen molar-refractivity contribution < 1.29 is 32.3 Å². The molecule has 1 aliphatic rings. The van der Waals surface area contributed by atoms with Crippen LogP contribution in [0, 0.1) is 0 Å². The summed E-state index contributed by atoms with van der Waals surface area (Å²) >= 11 is 2.47. The van der Waals surface area contributed by atoms with Gasteiger partial charge in [0.1, 0.15) is 22.3 Å². The highest BCUT2D eigenvalue weighted by molar-refractivity contribution is 7.92. The molecule has 4 rings (SSSR count). The largest absolute Gasteiger partial charge is 0.497 e. The number of ether oxygens (including phenoxy) is 2. The number of sulfone groups is 1. The molecule has 202 valence electrons. The fourth-order valence-electron chi connectivity index (χ4n) is 4.28. The number of fused-ring (bicyclic) bond motifs is 2. The van der Waals surface area contributed by atoms with Gasteiger partial charge in [0.2, 0.25) is 5.91 Å². The standard InChI is InChI=1S/C25H27N3O7S3/c1-4-11-28-17-10-9-15(34-2)12-19(17)37-25(28)27-21(30)14-38(32,33)13-20(29)26-23-22(24(31)35-3)16-7-5-6-8-18(16)36-23/h4,9-10,12H,1,5-8,11,13-14H2,2-3H3,(H,26,29). The van der Waals surface area contributed by atoms with Crippen molar-refractivity contribution in [3.8, 4) is 5.75 Å². The normalized spacial score (nSPS) is 13.7. The molecule has 2 aromatic heterocycles. The van der Waals surface area contributed by atoms with Gasteiger partial charge in [0, 0.05) is 11.4 Å². The number of carbonyl (C=O) groups is 3. The molecular formula is C25H27N3O7S3. The van der Waals surface area contributed by atoms with E-state index in [1.807, 2.05) is 6.07 Å². The molecule has 2 amide bonds. The fourth-order valence-corrected chi connectivity index (χ4v) is 7.68. The highest BCUT2D eigenvalue weighted by Crippen LogP contribution is 2.38. The van der Waals surface area contributed by atoms with Gasteiger partial charge in [-0.25, -0.2) is 13.2 Å². The fraction of sp³-hybridized carbons (Fsp3) is 0.360. The zero-order chi connectivity index (χ0) is 27.4. The lowest BCUT2D eigenvalue weighted by atomic mass is 9.95. The molecular weight excluding hydrogens is 550 g/mol. The quantitative estimate of drug-likeness (QED) is 0.305. The maximum atomic E-state index is 12.7. The second-order valence-corrected chi connectivity index (χ2v) is 12.8. The molecule has 1 aromatic carbocycles. The van der Waals surface area contributed by atoms with Gasteiger partial charge in [0.25, 0.3) is 5.91 Å². The van der Waals surface area contributed by atoms with E-state index in [2.05, 4.69) is 16.9 Å². The summed E-state index contributed by atoms with van der Waals surface area (Å²) in [6.07, 6.45) is 5.01. The number of carbonyl (C=O) groups excluding carboxylic acids is 3. The van der Waals surface area contributed by atoms with Gasteiger partial charge in [-0.1, -0.05) is 17.4 Å². The number of thiazole rings is 1. The van der Waals surface area contributed by atoms with E-state index in [9.17, 15) is 22.8 Å². The van der Waals surface area contributed by atoms with Crippen molar-refractivity contribution in [2.45, 2.75) is 32.2 Å². The van der Waals surface area contributed by atoms with Crippen molar-refractivity contribution in [2.75, 3.05) is 31.0 Å². The third-order valence-electron chi connectivity index (χ3n) is 5.93. The third-order valence-corrected chi connectivity index (χ3v) is 9.57. The van der Waals surface area contributed by atoms with E-state index in [0.717, 1.165) is 39.9 Å². The van der Waals surface area contributed by atoms with Gasteiger partial charge in [-0.15, -0.1) is 17.9 Å². The molecule has 3 aromatic rings. The van der Waals surface area contributed by atoms with Crippen molar-refractivity contribution >= 4 is 65.5 Å². The minimum atomic E-state index is -4.14. The number of thiophene rings is 1. The average molecular weight is 578 g/mol. The molecule has 0 atom stereocenters. The molecule has 0 bridgehead atoms. The number of nitrogens with one attached hydrogen (secondary N) is 1. The summed E-state index contributed by atoms with van der Waals surface area (Å²) in [5.41, 5.74) is 1.91. The van der Waals surface area contributed by atoms with Crippen LogP contribution in [0.5, 0.6) is 5.75 Å². The van der Waals surface area contributed by atoms with E-state index < -0.39 is 39.1 Å². The second kappa shape index (κ2) is 11.6.